The highest BCUT2D eigenvalue weighted by Crippen LogP contribution is 2.56. The first kappa shape index (κ1) is 12.7. The van der Waals surface area contributed by atoms with Crippen molar-refractivity contribution in [3.05, 3.63) is 0 Å². The summed E-state index contributed by atoms with van der Waals surface area (Å²) in [5, 5.41) is 0. The molecule has 5 heteroatoms. The molecule has 0 amide bonds. The van der Waals surface area contributed by atoms with Crippen LogP contribution in [0.5, 0.6) is 0 Å². The van der Waals surface area contributed by atoms with Crippen LogP contribution in [0.4, 0.5) is 4.79 Å². The summed E-state index contributed by atoms with van der Waals surface area (Å²) in [5.74, 6) is 1.46. The van der Waals surface area contributed by atoms with Crippen molar-refractivity contribution in [3.63, 3.8) is 0 Å². The van der Waals surface area contributed by atoms with E-state index in [1.165, 1.54) is 0 Å². The second-order valence-electron chi connectivity index (χ2n) is 7.75. The molecular formula is C16H22O5. The van der Waals surface area contributed by atoms with Crippen molar-refractivity contribution in [1.82, 2.24) is 0 Å². The Kier molecular flexibility index (Phi) is 2.38. The van der Waals surface area contributed by atoms with Gasteiger partial charge in [-0.25, -0.2) is 4.79 Å². The maximum atomic E-state index is 11.8. The SMILES string of the molecule is CC1CC2OC2CC1CC12OC(=O)OC1C1OC1CC2C. The fraction of sp³-hybridized carbons (Fsp3) is 0.938. The molecule has 2 saturated carbocycles. The van der Waals surface area contributed by atoms with Crippen LogP contribution in [0.25, 0.3) is 0 Å². The summed E-state index contributed by atoms with van der Waals surface area (Å²) in [4.78, 5) is 11.8. The zero-order valence-corrected chi connectivity index (χ0v) is 12.5. The van der Waals surface area contributed by atoms with Gasteiger partial charge < -0.3 is 18.9 Å². The first-order valence-corrected chi connectivity index (χ1v) is 8.27. The third-order valence-electron chi connectivity index (χ3n) is 6.53. The van der Waals surface area contributed by atoms with E-state index in [1.807, 2.05) is 0 Å². The highest BCUT2D eigenvalue weighted by molar-refractivity contribution is 5.64. The van der Waals surface area contributed by atoms with Gasteiger partial charge in [0.15, 0.2) is 11.7 Å². The van der Waals surface area contributed by atoms with Crippen LogP contribution in [0, 0.1) is 17.8 Å². The van der Waals surface area contributed by atoms with Gasteiger partial charge in [-0.05, 0) is 37.5 Å². The minimum absolute atomic E-state index is 0.0662. The Hall–Kier alpha value is -0.810. The third-order valence-corrected chi connectivity index (χ3v) is 6.53. The molecule has 2 aliphatic carbocycles. The van der Waals surface area contributed by atoms with Gasteiger partial charge in [0.2, 0.25) is 0 Å². The van der Waals surface area contributed by atoms with Crippen molar-refractivity contribution < 1.29 is 23.7 Å². The molecule has 0 N–H and O–H groups in total. The summed E-state index contributed by atoms with van der Waals surface area (Å²) in [6, 6.07) is 0. The summed E-state index contributed by atoms with van der Waals surface area (Å²) >= 11 is 0. The smallest absolute Gasteiger partial charge is 0.424 e. The number of hydrogen-bond acceptors (Lipinski definition) is 5. The first-order chi connectivity index (χ1) is 10.1. The van der Waals surface area contributed by atoms with Crippen LogP contribution < -0.4 is 0 Å². The Morgan fingerprint density at radius 2 is 1.90 bits per heavy atom. The topological polar surface area (TPSA) is 60.6 Å². The van der Waals surface area contributed by atoms with Gasteiger partial charge in [0.1, 0.15) is 6.10 Å². The van der Waals surface area contributed by atoms with Crippen molar-refractivity contribution in [1.29, 1.82) is 0 Å². The zero-order chi connectivity index (χ0) is 14.4. The molecule has 116 valence electrons. The van der Waals surface area contributed by atoms with Crippen LogP contribution in [0.2, 0.25) is 0 Å². The maximum Gasteiger partial charge on any atom is 0.509 e. The number of carbonyl (C=O) groups excluding carboxylic acids is 1. The molecule has 5 nitrogen and oxygen atoms in total. The quantitative estimate of drug-likeness (QED) is 0.577. The van der Waals surface area contributed by atoms with E-state index in [0.717, 1.165) is 25.7 Å². The monoisotopic (exact) mass is 294 g/mol. The van der Waals surface area contributed by atoms with Crippen molar-refractivity contribution in [2.24, 2.45) is 17.8 Å². The molecule has 3 aliphatic heterocycles. The largest absolute Gasteiger partial charge is 0.509 e. The predicted octanol–water partition coefficient (Wildman–Crippen LogP) is 2.27. The highest BCUT2D eigenvalue weighted by atomic mass is 16.8. The predicted molar refractivity (Wildman–Crippen MR) is 71.7 cm³/mol. The lowest BCUT2D eigenvalue weighted by Crippen LogP contribution is -2.54. The first-order valence-electron chi connectivity index (χ1n) is 8.27. The Morgan fingerprint density at radius 1 is 1.10 bits per heavy atom. The Bertz CT molecular complexity index is 493. The number of fused-ring (bicyclic) bond motifs is 4. The Balaban J connectivity index is 1.43. The number of epoxide rings is 2. The molecule has 9 atom stereocenters. The van der Waals surface area contributed by atoms with E-state index in [1.54, 1.807) is 0 Å². The molecule has 5 rings (SSSR count). The number of ether oxygens (including phenoxy) is 4. The van der Waals surface area contributed by atoms with Crippen molar-refractivity contribution in [3.8, 4) is 0 Å². The molecule has 0 aromatic carbocycles. The van der Waals surface area contributed by atoms with Crippen LogP contribution in [0.15, 0.2) is 0 Å². The molecular weight excluding hydrogens is 272 g/mol. The van der Waals surface area contributed by atoms with E-state index < -0.39 is 11.8 Å². The minimum Gasteiger partial charge on any atom is -0.424 e. The van der Waals surface area contributed by atoms with Gasteiger partial charge in [0.05, 0.1) is 18.3 Å². The molecule has 5 aliphatic rings. The Labute approximate surface area is 124 Å². The molecule has 21 heavy (non-hydrogen) atoms. The molecule has 3 heterocycles. The lowest BCUT2D eigenvalue weighted by Gasteiger charge is -2.42. The van der Waals surface area contributed by atoms with Crippen molar-refractivity contribution in [2.75, 3.05) is 0 Å². The van der Waals surface area contributed by atoms with Crippen LogP contribution >= 0.6 is 0 Å². The fourth-order valence-corrected chi connectivity index (χ4v) is 5.06. The molecule has 0 bridgehead atoms. The van der Waals surface area contributed by atoms with Crippen LogP contribution in [-0.2, 0) is 18.9 Å². The fourth-order valence-electron chi connectivity index (χ4n) is 5.06. The summed E-state index contributed by atoms with van der Waals surface area (Å²) in [5.41, 5.74) is -0.477. The van der Waals surface area contributed by atoms with Gasteiger partial charge in [-0.3, -0.25) is 0 Å². The van der Waals surface area contributed by atoms with Gasteiger partial charge in [-0.2, -0.15) is 0 Å². The van der Waals surface area contributed by atoms with E-state index in [0.29, 0.717) is 30.0 Å². The van der Waals surface area contributed by atoms with Gasteiger partial charge in [0, 0.05) is 5.92 Å². The molecule has 9 unspecified atom stereocenters. The van der Waals surface area contributed by atoms with Crippen molar-refractivity contribution in [2.45, 2.75) is 75.7 Å². The number of rotatable bonds is 2. The van der Waals surface area contributed by atoms with E-state index in [9.17, 15) is 4.79 Å². The number of carbonyl (C=O) groups is 1. The molecule has 0 aromatic heterocycles. The van der Waals surface area contributed by atoms with E-state index in [4.69, 9.17) is 18.9 Å². The summed E-state index contributed by atoms with van der Waals surface area (Å²) in [6.07, 6.45) is 4.67. The number of hydrogen-bond donors (Lipinski definition) is 0. The van der Waals surface area contributed by atoms with E-state index in [2.05, 4.69) is 13.8 Å². The van der Waals surface area contributed by atoms with E-state index in [-0.39, 0.29) is 18.3 Å². The minimum atomic E-state index is -0.507. The molecule has 3 saturated heterocycles. The average molecular weight is 294 g/mol. The maximum absolute atomic E-state index is 11.8. The van der Waals surface area contributed by atoms with Gasteiger partial charge in [-0.1, -0.05) is 13.8 Å². The standard InChI is InChI=1S/C16H22O5/c1-7-3-10-11(18-10)5-9(7)6-16-8(2)4-12-13(19-12)14(16)20-15(17)21-16/h7-14H,3-6H2,1-2H3. The molecule has 0 radical (unpaired) electrons. The summed E-state index contributed by atoms with van der Waals surface area (Å²) in [7, 11) is 0. The lowest BCUT2D eigenvalue weighted by molar-refractivity contribution is -0.0626. The highest BCUT2D eigenvalue weighted by Gasteiger charge is 2.69. The zero-order valence-electron chi connectivity index (χ0n) is 12.5. The van der Waals surface area contributed by atoms with Gasteiger partial charge >= 0.3 is 6.16 Å². The van der Waals surface area contributed by atoms with Gasteiger partial charge in [0.25, 0.3) is 0 Å². The molecule has 0 spiro atoms. The van der Waals surface area contributed by atoms with Gasteiger partial charge in [-0.15, -0.1) is 0 Å². The molecule has 0 aromatic rings. The van der Waals surface area contributed by atoms with Crippen molar-refractivity contribution >= 4 is 6.16 Å². The van der Waals surface area contributed by atoms with Crippen LogP contribution in [-0.4, -0.2) is 42.3 Å². The van der Waals surface area contributed by atoms with E-state index >= 15 is 0 Å². The van der Waals surface area contributed by atoms with Crippen LogP contribution in [0.3, 0.4) is 0 Å². The molecule has 5 fully saturated rings. The average Bonchev–Trinajstić information content (AvgIpc) is 3.30. The second-order valence-corrected chi connectivity index (χ2v) is 7.75. The second kappa shape index (κ2) is 3.93. The third kappa shape index (κ3) is 1.73. The lowest BCUT2D eigenvalue weighted by atomic mass is 9.66. The Morgan fingerprint density at radius 3 is 2.76 bits per heavy atom. The summed E-state index contributed by atoms with van der Waals surface area (Å²) in [6.45, 7) is 4.48. The summed E-state index contributed by atoms with van der Waals surface area (Å²) < 4.78 is 22.7. The normalized spacial score (nSPS) is 60.2. The van der Waals surface area contributed by atoms with Crippen LogP contribution in [0.1, 0.15) is 39.5 Å².